The summed E-state index contributed by atoms with van der Waals surface area (Å²) in [4.78, 5) is 4.05. The average molecular weight is 251 g/mol. The fraction of sp³-hybridized carbons (Fsp3) is 0.500. The molecule has 0 N–H and O–H groups in total. The predicted octanol–water partition coefficient (Wildman–Crippen LogP) is 2.83. The van der Waals surface area contributed by atoms with E-state index in [9.17, 15) is 0 Å². The van der Waals surface area contributed by atoms with Gasteiger partial charge in [0.25, 0.3) is 0 Å². The minimum Gasteiger partial charge on any atom is -0.357 e. The van der Waals surface area contributed by atoms with Gasteiger partial charge in [0.2, 0.25) is 0 Å². The van der Waals surface area contributed by atoms with E-state index in [0.717, 1.165) is 0 Å². The third kappa shape index (κ3) is 2.21. The van der Waals surface area contributed by atoms with E-state index in [4.69, 9.17) is 13.7 Å². The van der Waals surface area contributed by atoms with E-state index in [1.54, 1.807) is 0 Å². The number of pyridine rings is 1. The number of piperidine rings is 1. The number of aromatic nitrogens is 1. The molecule has 1 fully saturated rings. The van der Waals surface area contributed by atoms with Crippen LogP contribution in [0.5, 0.6) is 0 Å². The fourth-order valence-corrected chi connectivity index (χ4v) is 1.08. The number of hydrogen-bond donors (Lipinski definition) is 0. The molecule has 0 aliphatic carbocycles. The first kappa shape index (κ1) is 2.96. The van der Waals surface area contributed by atoms with E-state index < -0.39 is 32.1 Å². The van der Waals surface area contributed by atoms with Crippen molar-refractivity contribution in [3.05, 3.63) is 22.8 Å². The lowest BCUT2D eigenvalue weighted by Crippen LogP contribution is -2.29. The summed E-state index contributed by atoms with van der Waals surface area (Å²) in [6, 6.07) is 2.62. The molecule has 0 saturated carbocycles. The Kier molecular flexibility index (Phi) is 0.931. The number of anilines is 1. The summed E-state index contributed by atoms with van der Waals surface area (Å²) in [6.45, 7) is -6.38. The first-order chi connectivity index (χ1) is 10.1. The molecule has 0 bridgehead atoms. The molecular formula is C10H13BrN2. The maximum absolute atomic E-state index is 7.98. The summed E-state index contributed by atoms with van der Waals surface area (Å²) in [7, 11) is 0. The zero-order valence-corrected chi connectivity index (χ0v) is 8.09. The van der Waals surface area contributed by atoms with Crippen LogP contribution >= 0.6 is 15.9 Å². The van der Waals surface area contributed by atoms with Gasteiger partial charge in [0, 0.05) is 37.4 Å². The topological polar surface area (TPSA) is 16.1 Å². The SMILES string of the molecule is [2H]C1([2H])N(c2ccc(Br)cn2)C([2H])([2H])C([2H])([2H])C([2H])([2H])C1([2H])[2H]. The maximum atomic E-state index is 7.98. The van der Waals surface area contributed by atoms with Gasteiger partial charge in [-0.2, -0.15) is 0 Å². The highest BCUT2D eigenvalue weighted by molar-refractivity contribution is 9.10. The van der Waals surface area contributed by atoms with Crippen LogP contribution in [0.2, 0.25) is 0 Å². The van der Waals surface area contributed by atoms with Gasteiger partial charge < -0.3 is 4.90 Å². The molecule has 0 radical (unpaired) electrons. The van der Waals surface area contributed by atoms with Crippen molar-refractivity contribution in [3.63, 3.8) is 0 Å². The Morgan fingerprint density at radius 2 is 2.08 bits per heavy atom. The molecule has 70 valence electrons. The highest BCUT2D eigenvalue weighted by Crippen LogP contribution is 2.18. The molecule has 0 atom stereocenters. The average Bonchev–Trinajstić information content (AvgIpc) is 2.39. The summed E-state index contributed by atoms with van der Waals surface area (Å²) in [6.07, 6.45) is -8.87. The van der Waals surface area contributed by atoms with Crippen LogP contribution in [-0.4, -0.2) is 18.0 Å². The Labute approximate surface area is 101 Å². The summed E-state index contributed by atoms with van der Waals surface area (Å²) < 4.78 is 79.1. The summed E-state index contributed by atoms with van der Waals surface area (Å²) >= 11 is 3.11. The minimum absolute atomic E-state index is 0.230. The van der Waals surface area contributed by atoms with Gasteiger partial charge in [-0.05, 0) is 47.2 Å². The lowest BCUT2D eigenvalue weighted by molar-refractivity contribution is 0.573. The fourth-order valence-electron chi connectivity index (χ4n) is 0.842. The smallest absolute Gasteiger partial charge is 0.128 e. The molecule has 1 aliphatic heterocycles. The van der Waals surface area contributed by atoms with Crippen LogP contribution in [0.1, 0.15) is 32.8 Å². The van der Waals surface area contributed by atoms with Crippen molar-refractivity contribution in [3.8, 4) is 0 Å². The second-order valence-electron chi connectivity index (χ2n) is 2.27. The van der Waals surface area contributed by atoms with Gasteiger partial charge in [-0.3, -0.25) is 0 Å². The largest absolute Gasteiger partial charge is 0.357 e. The Morgan fingerprint density at radius 3 is 2.69 bits per heavy atom. The molecule has 3 heteroatoms. The molecule has 0 unspecified atom stereocenters. The van der Waals surface area contributed by atoms with Crippen molar-refractivity contribution in [2.45, 2.75) is 19.1 Å². The van der Waals surface area contributed by atoms with Crippen molar-refractivity contribution >= 4 is 21.7 Å². The Balaban J connectivity index is 2.77. The molecule has 13 heavy (non-hydrogen) atoms. The molecule has 2 nitrogen and oxygen atoms in total. The van der Waals surface area contributed by atoms with E-state index in [2.05, 4.69) is 20.9 Å². The van der Waals surface area contributed by atoms with Crippen molar-refractivity contribution in [1.29, 1.82) is 0 Å². The van der Waals surface area contributed by atoms with Crippen molar-refractivity contribution in [2.24, 2.45) is 0 Å². The standard InChI is InChI=1S/C10H13BrN2/c11-9-4-5-10(12-8-9)13-6-2-1-3-7-13/h4-5,8H,1-3,6-7H2/i1D2,2D2,3D2,6D2,7D2. The van der Waals surface area contributed by atoms with Crippen LogP contribution < -0.4 is 4.90 Å². The number of halogens is 1. The van der Waals surface area contributed by atoms with Crippen molar-refractivity contribution in [2.75, 3.05) is 17.9 Å². The Morgan fingerprint density at radius 1 is 1.31 bits per heavy atom. The zero-order valence-electron chi connectivity index (χ0n) is 16.5. The normalized spacial score (nSPS) is 48.2. The first-order valence-corrected chi connectivity index (χ1v) is 4.33. The van der Waals surface area contributed by atoms with Crippen molar-refractivity contribution in [1.82, 2.24) is 4.98 Å². The van der Waals surface area contributed by atoms with Gasteiger partial charge in [0.15, 0.2) is 0 Å². The van der Waals surface area contributed by atoms with Crippen LogP contribution in [0.4, 0.5) is 5.82 Å². The van der Waals surface area contributed by atoms with E-state index in [1.807, 2.05) is 0 Å². The van der Waals surface area contributed by atoms with Gasteiger partial charge in [-0.1, -0.05) is 0 Å². The third-order valence-corrected chi connectivity index (χ3v) is 1.87. The highest BCUT2D eigenvalue weighted by Gasteiger charge is 2.10. The summed E-state index contributed by atoms with van der Waals surface area (Å²) in [5, 5.41) is 0. The Bertz CT molecular complexity index is 585. The second-order valence-corrected chi connectivity index (χ2v) is 3.18. The molecule has 1 aliphatic rings. The lowest BCUT2D eigenvalue weighted by atomic mass is 10.1. The molecule has 1 saturated heterocycles. The van der Waals surface area contributed by atoms with Crippen LogP contribution in [0.25, 0.3) is 0 Å². The number of nitrogens with zero attached hydrogens (tertiary/aromatic N) is 2. The first-order valence-electron chi connectivity index (χ1n) is 8.54. The quantitative estimate of drug-likeness (QED) is 0.763. The minimum atomic E-state index is -3.42. The van der Waals surface area contributed by atoms with E-state index in [1.165, 1.54) is 18.3 Å². The molecule has 0 aromatic carbocycles. The van der Waals surface area contributed by atoms with Gasteiger partial charge in [-0.25, -0.2) is 4.98 Å². The molecular weight excluding hydrogens is 228 g/mol. The Hall–Kier alpha value is -0.570. The molecule has 2 heterocycles. The van der Waals surface area contributed by atoms with Crippen LogP contribution in [0, 0.1) is 0 Å². The van der Waals surface area contributed by atoms with E-state index in [0.29, 0.717) is 4.47 Å². The molecule has 1 aromatic rings. The molecule has 1 aromatic heterocycles. The zero-order chi connectivity index (χ0) is 18.1. The third-order valence-electron chi connectivity index (χ3n) is 1.40. The number of hydrogen-bond acceptors (Lipinski definition) is 2. The van der Waals surface area contributed by atoms with Gasteiger partial charge >= 0.3 is 0 Å². The van der Waals surface area contributed by atoms with Crippen LogP contribution in [0.15, 0.2) is 22.8 Å². The van der Waals surface area contributed by atoms with E-state index in [-0.39, 0.29) is 10.7 Å². The van der Waals surface area contributed by atoms with Gasteiger partial charge in [0.05, 0.1) is 0 Å². The maximum Gasteiger partial charge on any atom is 0.128 e. The van der Waals surface area contributed by atoms with Gasteiger partial charge in [-0.15, -0.1) is 0 Å². The molecule has 0 spiro atoms. The number of rotatable bonds is 1. The second kappa shape index (κ2) is 4.09. The summed E-state index contributed by atoms with van der Waals surface area (Å²) in [5.41, 5.74) is 0. The summed E-state index contributed by atoms with van der Waals surface area (Å²) in [5.74, 6) is -0.341. The highest BCUT2D eigenvalue weighted by atomic mass is 79.9. The van der Waals surface area contributed by atoms with Gasteiger partial charge in [0.1, 0.15) is 5.82 Å². The van der Waals surface area contributed by atoms with Crippen molar-refractivity contribution < 1.29 is 13.7 Å². The lowest BCUT2D eigenvalue weighted by Gasteiger charge is -2.27. The van der Waals surface area contributed by atoms with Crippen LogP contribution in [-0.2, 0) is 0 Å². The molecule has 2 rings (SSSR count). The monoisotopic (exact) mass is 250 g/mol. The van der Waals surface area contributed by atoms with E-state index >= 15 is 0 Å². The van der Waals surface area contributed by atoms with Crippen LogP contribution in [0.3, 0.4) is 0 Å². The predicted molar refractivity (Wildman–Crippen MR) is 58.0 cm³/mol. The molecule has 0 amide bonds.